The molecule has 0 bridgehead atoms. The molecule has 1 aliphatic heterocycles. The molecular weight excluding hydrogens is 290 g/mol. The summed E-state index contributed by atoms with van der Waals surface area (Å²) in [5.41, 5.74) is 3.44. The fourth-order valence-electron chi connectivity index (χ4n) is 2.18. The lowest BCUT2D eigenvalue weighted by Crippen LogP contribution is -2.14. The van der Waals surface area contributed by atoms with Crippen LogP contribution in [0, 0.1) is 0 Å². The van der Waals surface area contributed by atoms with Gasteiger partial charge in [-0.25, -0.2) is 4.98 Å². The summed E-state index contributed by atoms with van der Waals surface area (Å²) in [7, 11) is 0. The Labute approximate surface area is 114 Å². The number of rotatable bonds is 2. The molecule has 1 aromatic heterocycles. The minimum absolute atomic E-state index is 0.279. The standard InChI is InChI=1S/C14H14BrN3/c1-9-6-12(16-7-9)14-17-8-13(18-14)10-2-4-11(15)5-3-10/h2-5,8,12,16H,1,6-7H2,(H,17,18). The molecule has 0 spiro atoms. The minimum Gasteiger partial charge on any atom is -0.341 e. The molecule has 0 aliphatic carbocycles. The van der Waals surface area contributed by atoms with Crippen molar-refractivity contribution in [1.29, 1.82) is 0 Å². The number of benzene rings is 1. The third-order valence-corrected chi connectivity index (χ3v) is 3.70. The van der Waals surface area contributed by atoms with Crippen molar-refractivity contribution in [3.63, 3.8) is 0 Å². The van der Waals surface area contributed by atoms with Crippen molar-refractivity contribution in [2.75, 3.05) is 6.54 Å². The molecule has 92 valence electrons. The largest absolute Gasteiger partial charge is 0.341 e. The van der Waals surface area contributed by atoms with Gasteiger partial charge in [0.25, 0.3) is 0 Å². The van der Waals surface area contributed by atoms with Gasteiger partial charge >= 0.3 is 0 Å². The summed E-state index contributed by atoms with van der Waals surface area (Å²) < 4.78 is 1.08. The van der Waals surface area contributed by atoms with E-state index in [1.54, 1.807) is 0 Å². The van der Waals surface area contributed by atoms with E-state index in [2.05, 4.69) is 49.9 Å². The molecule has 0 radical (unpaired) electrons. The maximum atomic E-state index is 4.46. The van der Waals surface area contributed by atoms with E-state index in [1.807, 2.05) is 18.3 Å². The van der Waals surface area contributed by atoms with Crippen LogP contribution < -0.4 is 5.32 Å². The second-order valence-corrected chi connectivity index (χ2v) is 5.49. The van der Waals surface area contributed by atoms with Gasteiger partial charge in [0.05, 0.1) is 17.9 Å². The molecule has 1 aliphatic rings. The number of nitrogens with one attached hydrogen (secondary N) is 2. The van der Waals surface area contributed by atoms with E-state index in [-0.39, 0.29) is 6.04 Å². The van der Waals surface area contributed by atoms with E-state index in [1.165, 1.54) is 5.57 Å². The number of halogens is 1. The van der Waals surface area contributed by atoms with Crippen LogP contribution in [0.25, 0.3) is 11.3 Å². The molecule has 1 unspecified atom stereocenters. The van der Waals surface area contributed by atoms with Crippen molar-refractivity contribution in [3.05, 3.63) is 52.9 Å². The van der Waals surface area contributed by atoms with E-state index >= 15 is 0 Å². The molecule has 3 rings (SSSR count). The molecule has 0 amide bonds. The van der Waals surface area contributed by atoms with Crippen LogP contribution in [0.2, 0.25) is 0 Å². The van der Waals surface area contributed by atoms with Crippen LogP contribution in [-0.2, 0) is 0 Å². The maximum Gasteiger partial charge on any atom is 0.124 e. The number of aromatic amines is 1. The Bertz CT molecular complexity index is 571. The van der Waals surface area contributed by atoms with Gasteiger partial charge in [0.1, 0.15) is 5.82 Å². The van der Waals surface area contributed by atoms with Crippen LogP contribution in [0.1, 0.15) is 18.3 Å². The van der Waals surface area contributed by atoms with Gasteiger partial charge in [-0.15, -0.1) is 0 Å². The molecule has 1 aromatic carbocycles. The summed E-state index contributed by atoms with van der Waals surface area (Å²) >= 11 is 3.44. The number of nitrogens with zero attached hydrogens (tertiary/aromatic N) is 1. The Morgan fingerprint density at radius 3 is 2.72 bits per heavy atom. The Kier molecular flexibility index (Phi) is 3.06. The zero-order valence-electron chi connectivity index (χ0n) is 9.91. The molecule has 1 fully saturated rings. The summed E-state index contributed by atoms with van der Waals surface area (Å²) in [4.78, 5) is 7.84. The van der Waals surface area contributed by atoms with Gasteiger partial charge in [-0.05, 0) is 24.1 Å². The number of H-pyrrole nitrogens is 1. The summed E-state index contributed by atoms with van der Waals surface area (Å²) in [5, 5.41) is 3.40. The maximum absolute atomic E-state index is 4.46. The van der Waals surface area contributed by atoms with Crippen LogP contribution in [0.3, 0.4) is 0 Å². The molecule has 1 atom stereocenters. The van der Waals surface area contributed by atoms with Gasteiger partial charge in [-0.2, -0.15) is 0 Å². The predicted molar refractivity (Wildman–Crippen MR) is 76.2 cm³/mol. The first-order valence-electron chi connectivity index (χ1n) is 5.93. The first-order valence-corrected chi connectivity index (χ1v) is 6.72. The number of imidazole rings is 1. The highest BCUT2D eigenvalue weighted by atomic mass is 79.9. The van der Waals surface area contributed by atoms with Gasteiger partial charge in [0.15, 0.2) is 0 Å². The van der Waals surface area contributed by atoms with Gasteiger partial charge in [0.2, 0.25) is 0 Å². The lowest BCUT2D eigenvalue weighted by Gasteiger charge is -2.05. The first kappa shape index (κ1) is 11.7. The van der Waals surface area contributed by atoms with Crippen molar-refractivity contribution in [2.45, 2.75) is 12.5 Å². The molecule has 2 heterocycles. The van der Waals surface area contributed by atoms with E-state index < -0.39 is 0 Å². The SMILES string of the molecule is C=C1CNC(c2ncc(-c3ccc(Br)cc3)[nH]2)C1. The van der Waals surface area contributed by atoms with Crippen LogP contribution in [0.4, 0.5) is 0 Å². The summed E-state index contributed by atoms with van der Waals surface area (Å²) in [6.45, 7) is 4.88. The van der Waals surface area contributed by atoms with E-state index in [4.69, 9.17) is 0 Å². The van der Waals surface area contributed by atoms with Gasteiger partial charge in [0, 0.05) is 11.0 Å². The van der Waals surface area contributed by atoms with Crippen molar-refractivity contribution in [2.24, 2.45) is 0 Å². The minimum atomic E-state index is 0.279. The van der Waals surface area contributed by atoms with Gasteiger partial charge in [-0.3, -0.25) is 0 Å². The third kappa shape index (κ3) is 2.26. The predicted octanol–water partition coefficient (Wildman–Crippen LogP) is 3.43. The summed E-state index contributed by atoms with van der Waals surface area (Å²) in [6, 6.07) is 8.49. The topological polar surface area (TPSA) is 40.7 Å². The van der Waals surface area contributed by atoms with E-state index in [0.717, 1.165) is 34.5 Å². The Balaban J connectivity index is 1.85. The molecule has 1 saturated heterocycles. The molecule has 0 saturated carbocycles. The zero-order chi connectivity index (χ0) is 12.5. The highest BCUT2D eigenvalue weighted by Gasteiger charge is 2.21. The fraction of sp³-hybridized carbons (Fsp3) is 0.214. The monoisotopic (exact) mass is 303 g/mol. The molecule has 18 heavy (non-hydrogen) atoms. The van der Waals surface area contributed by atoms with Crippen LogP contribution in [0.15, 0.2) is 47.1 Å². The highest BCUT2D eigenvalue weighted by Crippen LogP contribution is 2.26. The first-order chi connectivity index (χ1) is 8.72. The highest BCUT2D eigenvalue weighted by molar-refractivity contribution is 9.10. The average Bonchev–Trinajstić information content (AvgIpc) is 2.98. The quantitative estimate of drug-likeness (QED) is 0.835. The van der Waals surface area contributed by atoms with E-state index in [9.17, 15) is 0 Å². The average molecular weight is 304 g/mol. The lowest BCUT2D eigenvalue weighted by molar-refractivity contribution is 0.616. The second kappa shape index (κ2) is 4.71. The summed E-state index contributed by atoms with van der Waals surface area (Å²) in [6.07, 6.45) is 2.86. The Morgan fingerprint density at radius 1 is 1.28 bits per heavy atom. The van der Waals surface area contributed by atoms with Crippen molar-refractivity contribution >= 4 is 15.9 Å². The van der Waals surface area contributed by atoms with Crippen molar-refractivity contribution < 1.29 is 0 Å². The lowest BCUT2D eigenvalue weighted by atomic mass is 10.1. The normalized spacial score (nSPS) is 19.4. The zero-order valence-corrected chi connectivity index (χ0v) is 11.5. The molecule has 3 nitrogen and oxygen atoms in total. The van der Waals surface area contributed by atoms with Gasteiger partial charge < -0.3 is 10.3 Å². The van der Waals surface area contributed by atoms with Crippen LogP contribution in [0.5, 0.6) is 0 Å². The van der Waals surface area contributed by atoms with Crippen LogP contribution in [-0.4, -0.2) is 16.5 Å². The van der Waals surface area contributed by atoms with Gasteiger partial charge in [-0.1, -0.05) is 40.2 Å². The number of hydrogen-bond acceptors (Lipinski definition) is 2. The van der Waals surface area contributed by atoms with Crippen molar-refractivity contribution in [1.82, 2.24) is 15.3 Å². The van der Waals surface area contributed by atoms with Crippen LogP contribution >= 0.6 is 15.9 Å². The number of hydrogen-bond donors (Lipinski definition) is 2. The second-order valence-electron chi connectivity index (χ2n) is 4.58. The summed E-state index contributed by atoms with van der Waals surface area (Å²) in [5.74, 6) is 0.992. The molecule has 4 heteroatoms. The number of aromatic nitrogens is 2. The van der Waals surface area contributed by atoms with Crippen molar-refractivity contribution in [3.8, 4) is 11.3 Å². The fourth-order valence-corrected chi connectivity index (χ4v) is 2.45. The van der Waals surface area contributed by atoms with E-state index in [0.29, 0.717) is 0 Å². The molecule has 2 N–H and O–H groups in total. The molecule has 2 aromatic rings. The smallest absolute Gasteiger partial charge is 0.124 e. The molecular formula is C14H14BrN3. The Hall–Kier alpha value is -1.39. The third-order valence-electron chi connectivity index (χ3n) is 3.17. The Morgan fingerprint density at radius 2 is 2.06 bits per heavy atom.